The summed E-state index contributed by atoms with van der Waals surface area (Å²) in [6.07, 6.45) is 5.03. The number of hydrogen-bond acceptors (Lipinski definition) is 6. The molecule has 0 amide bonds. The maximum absolute atomic E-state index is 11.6. The van der Waals surface area contributed by atoms with E-state index in [2.05, 4.69) is 9.47 Å². The van der Waals surface area contributed by atoms with Crippen LogP contribution in [0.2, 0.25) is 0 Å². The lowest BCUT2D eigenvalue weighted by Crippen LogP contribution is -1.97. The Labute approximate surface area is 148 Å². The van der Waals surface area contributed by atoms with Gasteiger partial charge in [0.15, 0.2) is 0 Å². The molecule has 128 valence electrons. The van der Waals surface area contributed by atoms with E-state index < -0.39 is 23.9 Å². The van der Waals surface area contributed by atoms with Crippen molar-refractivity contribution < 1.29 is 28.7 Å². The Morgan fingerprint density at radius 1 is 0.577 bits per heavy atom. The fourth-order valence-electron chi connectivity index (χ4n) is 2.96. The minimum Gasteiger partial charge on any atom is -0.386 e. The number of esters is 4. The first-order chi connectivity index (χ1) is 12.5. The third-order valence-corrected chi connectivity index (χ3v) is 4.29. The summed E-state index contributed by atoms with van der Waals surface area (Å²) in [5.41, 5.74) is 2.94. The van der Waals surface area contributed by atoms with E-state index in [1.807, 2.05) is 12.2 Å². The highest BCUT2D eigenvalue weighted by atomic mass is 16.6. The number of hydrogen-bond donors (Lipinski definition) is 0. The Morgan fingerprint density at radius 2 is 0.962 bits per heavy atom. The predicted octanol–water partition coefficient (Wildman–Crippen LogP) is 2.65. The normalized spacial score (nSPS) is 15.2. The van der Waals surface area contributed by atoms with Crippen LogP contribution < -0.4 is 0 Å². The van der Waals surface area contributed by atoms with E-state index in [1.165, 1.54) is 0 Å². The average molecular weight is 348 g/mol. The van der Waals surface area contributed by atoms with Crippen molar-refractivity contribution in [3.05, 3.63) is 81.9 Å². The van der Waals surface area contributed by atoms with Crippen LogP contribution in [0.4, 0.5) is 0 Å². The molecule has 0 aromatic heterocycles. The van der Waals surface area contributed by atoms with Crippen LogP contribution in [0.15, 0.2) is 48.6 Å². The number of benzene rings is 2. The lowest BCUT2D eigenvalue weighted by molar-refractivity contribution is 0.0425. The van der Waals surface area contributed by atoms with Crippen LogP contribution in [0.1, 0.15) is 52.6 Å². The molecule has 2 aromatic rings. The summed E-state index contributed by atoms with van der Waals surface area (Å²) in [6.45, 7) is 0. The van der Waals surface area contributed by atoms with Crippen molar-refractivity contribution in [2.45, 2.75) is 12.8 Å². The summed E-state index contributed by atoms with van der Waals surface area (Å²) in [7, 11) is 0. The highest BCUT2D eigenvalue weighted by Gasteiger charge is 2.30. The van der Waals surface area contributed by atoms with E-state index >= 15 is 0 Å². The fraction of sp³-hybridized carbons (Fsp3) is 0.100. The zero-order chi connectivity index (χ0) is 18.3. The number of cyclic esters (lactones) is 4. The molecule has 0 radical (unpaired) electrons. The van der Waals surface area contributed by atoms with E-state index in [1.54, 1.807) is 36.4 Å². The molecule has 4 rings (SSSR count). The smallest absolute Gasteiger partial charge is 0.346 e. The van der Waals surface area contributed by atoms with Crippen molar-refractivity contribution in [2.24, 2.45) is 0 Å². The molecule has 0 spiro atoms. The highest BCUT2D eigenvalue weighted by Crippen LogP contribution is 2.23. The molecule has 0 saturated heterocycles. The SMILES string of the molecule is O=C1OC(=O)c2cc(C/C=C/Cc3ccc4c(c3)C(=O)OC4=O)ccc21. The van der Waals surface area contributed by atoms with Gasteiger partial charge in [0.05, 0.1) is 22.3 Å². The molecule has 0 aliphatic carbocycles. The second kappa shape index (κ2) is 6.07. The summed E-state index contributed by atoms with van der Waals surface area (Å²) in [5, 5.41) is 0. The van der Waals surface area contributed by atoms with Crippen molar-refractivity contribution in [2.75, 3.05) is 0 Å². The zero-order valence-corrected chi connectivity index (χ0v) is 13.5. The molecule has 0 bridgehead atoms. The second-order valence-corrected chi connectivity index (χ2v) is 5.99. The van der Waals surface area contributed by atoms with Gasteiger partial charge in [0.1, 0.15) is 0 Å². The van der Waals surface area contributed by atoms with E-state index in [4.69, 9.17) is 0 Å². The number of fused-ring (bicyclic) bond motifs is 2. The van der Waals surface area contributed by atoms with Gasteiger partial charge in [-0.3, -0.25) is 0 Å². The Balaban J connectivity index is 1.43. The van der Waals surface area contributed by atoms with Crippen molar-refractivity contribution >= 4 is 23.9 Å². The van der Waals surface area contributed by atoms with Gasteiger partial charge in [0.25, 0.3) is 0 Å². The van der Waals surface area contributed by atoms with Crippen LogP contribution in [-0.4, -0.2) is 23.9 Å². The topological polar surface area (TPSA) is 86.7 Å². The minimum atomic E-state index is -0.615. The standard InChI is InChI=1S/C20H12O6/c21-17-13-7-5-11(9-15(13)19(23)25-17)3-1-2-4-12-6-8-14-16(10-12)20(24)26-18(14)22/h1-2,5-10H,3-4H2/b2-1+. The quantitative estimate of drug-likeness (QED) is 0.480. The summed E-state index contributed by atoms with van der Waals surface area (Å²) < 4.78 is 9.13. The molecule has 0 fully saturated rings. The Hall–Kier alpha value is -3.54. The third-order valence-electron chi connectivity index (χ3n) is 4.29. The molecule has 6 nitrogen and oxygen atoms in total. The maximum Gasteiger partial charge on any atom is 0.346 e. The van der Waals surface area contributed by atoms with Gasteiger partial charge in [0, 0.05) is 0 Å². The number of carbonyl (C=O) groups is 4. The summed E-state index contributed by atoms with van der Waals surface area (Å²) in [5.74, 6) is -2.45. The van der Waals surface area contributed by atoms with E-state index in [0.717, 1.165) is 11.1 Å². The monoisotopic (exact) mass is 348 g/mol. The number of carbonyl (C=O) groups excluding carboxylic acids is 4. The molecule has 26 heavy (non-hydrogen) atoms. The predicted molar refractivity (Wildman–Crippen MR) is 88.9 cm³/mol. The maximum atomic E-state index is 11.6. The van der Waals surface area contributed by atoms with Gasteiger partial charge in [-0.15, -0.1) is 0 Å². The number of allylic oxidation sites excluding steroid dienone is 2. The van der Waals surface area contributed by atoms with E-state index in [0.29, 0.717) is 35.1 Å². The van der Waals surface area contributed by atoms with Gasteiger partial charge < -0.3 is 9.47 Å². The molecule has 0 unspecified atom stereocenters. The van der Waals surface area contributed by atoms with Gasteiger partial charge in [0.2, 0.25) is 0 Å². The average Bonchev–Trinajstić information content (AvgIpc) is 3.07. The fourth-order valence-corrected chi connectivity index (χ4v) is 2.96. The van der Waals surface area contributed by atoms with Crippen LogP contribution in [-0.2, 0) is 22.3 Å². The largest absolute Gasteiger partial charge is 0.386 e. The van der Waals surface area contributed by atoms with Gasteiger partial charge in [-0.25, -0.2) is 19.2 Å². The third kappa shape index (κ3) is 2.71. The zero-order valence-electron chi connectivity index (χ0n) is 13.5. The second-order valence-electron chi connectivity index (χ2n) is 5.99. The molecule has 0 N–H and O–H groups in total. The van der Waals surface area contributed by atoms with Crippen molar-refractivity contribution in [3.8, 4) is 0 Å². The Bertz CT molecular complexity index is 933. The molecule has 2 aromatic carbocycles. The summed E-state index contributed by atoms with van der Waals surface area (Å²) in [4.78, 5) is 46.0. The first-order valence-corrected chi connectivity index (χ1v) is 7.97. The van der Waals surface area contributed by atoms with Crippen LogP contribution >= 0.6 is 0 Å². The molecular weight excluding hydrogens is 336 g/mol. The van der Waals surface area contributed by atoms with Gasteiger partial charge in [-0.2, -0.15) is 0 Å². The molecular formula is C20H12O6. The van der Waals surface area contributed by atoms with Crippen molar-refractivity contribution in [1.29, 1.82) is 0 Å². The van der Waals surface area contributed by atoms with Gasteiger partial charge in [-0.05, 0) is 48.2 Å². The molecule has 2 aliphatic heterocycles. The first kappa shape index (κ1) is 16.0. The van der Waals surface area contributed by atoms with Gasteiger partial charge >= 0.3 is 23.9 Å². The molecule has 0 saturated carbocycles. The van der Waals surface area contributed by atoms with Crippen LogP contribution in [0.25, 0.3) is 0 Å². The van der Waals surface area contributed by atoms with Crippen molar-refractivity contribution in [3.63, 3.8) is 0 Å². The summed E-state index contributed by atoms with van der Waals surface area (Å²) >= 11 is 0. The van der Waals surface area contributed by atoms with Crippen molar-refractivity contribution in [1.82, 2.24) is 0 Å². The Kier molecular flexibility index (Phi) is 3.73. The Morgan fingerprint density at radius 3 is 1.38 bits per heavy atom. The highest BCUT2D eigenvalue weighted by molar-refractivity contribution is 6.15. The molecule has 2 aliphatic rings. The van der Waals surface area contributed by atoms with Crippen LogP contribution in [0.5, 0.6) is 0 Å². The lowest BCUT2D eigenvalue weighted by Gasteiger charge is -2.00. The van der Waals surface area contributed by atoms with Gasteiger partial charge in [-0.1, -0.05) is 24.3 Å². The number of ether oxygens (including phenoxy) is 2. The van der Waals surface area contributed by atoms with E-state index in [-0.39, 0.29) is 0 Å². The molecule has 6 heteroatoms. The van der Waals surface area contributed by atoms with Crippen LogP contribution in [0, 0.1) is 0 Å². The lowest BCUT2D eigenvalue weighted by atomic mass is 10.0. The first-order valence-electron chi connectivity index (χ1n) is 7.97. The van der Waals surface area contributed by atoms with Crippen LogP contribution in [0.3, 0.4) is 0 Å². The minimum absolute atomic E-state index is 0.294. The number of rotatable bonds is 4. The molecule has 0 atom stereocenters. The summed E-state index contributed by atoms with van der Waals surface area (Å²) in [6, 6.07) is 10.1. The van der Waals surface area contributed by atoms with E-state index in [9.17, 15) is 19.2 Å². The molecule has 2 heterocycles.